The lowest BCUT2D eigenvalue weighted by molar-refractivity contribution is 0.580. The molecule has 1 aliphatic rings. The van der Waals surface area contributed by atoms with Crippen LogP contribution in [0.2, 0.25) is 0 Å². The fraction of sp³-hybridized carbons (Fsp3) is 0.316. The van der Waals surface area contributed by atoms with E-state index in [4.69, 9.17) is 0 Å². The van der Waals surface area contributed by atoms with Gasteiger partial charge >= 0.3 is 5.69 Å². The van der Waals surface area contributed by atoms with Gasteiger partial charge in [-0.2, -0.15) is 0 Å². The second kappa shape index (κ2) is 7.14. The van der Waals surface area contributed by atoms with E-state index in [1.165, 1.54) is 26.3 Å². The first-order chi connectivity index (χ1) is 13.3. The van der Waals surface area contributed by atoms with E-state index in [-0.39, 0.29) is 17.1 Å². The number of sulfonamides is 1. The molecule has 2 N–H and O–H groups in total. The summed E-state index contributed by atoms with van der Waals surface area (Å²) in [7, 11) is -0.465. The topological polar surface area (TPSA) is 85.1 Å². The Morgan fingerprint density at radius 1 is 1.11 bits per heavy atom. The predicted molar refractivity (Wildman–Crippen MR) is 112 cm³/mol. The molecule has 4 rings (SSSR count). The number of aryl methyl sites for hydroxylation is 2. The summed E-state index contributed by atoms with van der Waals surface area (Å²) in [4.78, 5) is 12.2. The van der Waals surface area contributed by atoms with E-state index in [1.807, 2.05) is 12.1 Å². The van der Waals surface area contributed by atoms with Gasteiger partial charge in [0.25, 0.3) is 0 Å². The molecule has 3 aromatic rings. The van der Waals surface area contributed by atoms with Gasteiger partial charge in [0.1, 0.15) is 0 Å². The van der Waals surface area contributed by atoms with Crippen LogP contribution in [0.25, 0.3) is 11.0 Å². The van der Waals surface area contributed by atoms with Crippen molar-refractivity contribution >= 4 is 37.0 Å². The molecule has 2 aromatic carbocycles. The minimum absolute atomic E-state index is 0.114. The van der Waals surface area contributed by atoms with Gasteiger partial charge in [-0.05, 0) is 57.7 Å². The first-order valence-corrected chi connectivity index (χ1v) is 11.2. The van der Waals surface area contributed by atoms with E-state index < -0.39 is 10.0 Å². The van der Waals surface area contributed by atoms with Gasteiger partial charge in [0.15, 0.2) is 0 Å². The van der Waals surface area contributed by atoms with Crippen molar-refractivity contribution in [2.45, 2.75) is 24.4 Å². The third-order valence-corrected chi connectivity index (χ3v) is 7.60. The monoisotopic (exact) mass is 464 g/mol. The molecule has 0 radical (unpaired) electrons. The van der Waals surface area contributed by atoms with Crippen LogP contribution in [0.5, 0.6) is 0 Å². The predicted octanol–water partition coefficient (Wildman–Crippen LogP) is 1.76. The maximum Gasteiger partial charge on any atom is 0.328 e. The number of halogens is 1. The molecule has 2 heterocycles. The Bertz CT molecular complexity index is 1240. The van der Waals surface area contributed by atoms with Crippen LogP contribution in [0.3, 0.4) is 0 Å². The smallest absolute Gasteiger partial charge is 0.312 e. The van der Waals surface area contributed by atoms with Crippen LogP contribution in [0.4, 0.5) is 0 Å². The number of aromatic nitrogens is 2. The minimum Gasteiger partial charge on any atom is -0.312 e. The lowest BCUT2D eigenvalue weighted by Crippen LogP contribution is -2.25. The van der Waals surface area contributed by atoms with Gasteiger partial charge in [-0.15, -0.1) is 0 Å². The molecule has 0 fully saturated rings. The summed E-state index contributed by atoms with van der Waals surface area (Å²) in [5.41, 5.74) is 4.48. The van der Waals surface area contributed by atoms with Crippen molar-refractivity contribution in [2.75, 3.05) is 6.54 Å². The van der Waals surface area contributed by atoms with E-state index in [0.29, 0.717) is 15.5 Å². The van der Waals surface area contributed by atoms with Crippen molar-refractivity contribution in [3.63, 3.8) is 0 Å². The molecule has 0 unspecified atom stereocenters. The highest BCUT2D eigenvalue weighted by Crippen LogP contribution is 2.27. The molecule has 0 saturated carbocycles. The zero-order chi connectivity index (χ0) is 20.1. The maximum absolute atomic E-state index is 12.9. The number of hydrogen-bond donors (Lipinski definition) is 2. The van der Waals surface area contributed by atoms with E-state index in [9.17, 15) is 13.2 Å². The molecule has 0 spiro atoms. The third kappa shape index (κ3) is 3.32. The van der Waals surface area contributed by atoms with Crippen molar-refractivity contribution in [3.05, 3.63) is 62.0 Å². The Hall–Kier alpha value is -1.94. The summed E-state index contributed by atoms with van der Waals surface area (Å²) in [5, 5.41) is 3.33. The standard InChI is InChI=1S/C19H21BrN4O3S/c1-23-16-8-15(20)18(9-17(16)24(2)19(23)25)28(26,27)22-10-12-3-4-14-11-21-6-5-13(14)7-12/h3-4,7-9,21-22H,5-6,10-11H2,1-2H3. The number of nitrogens with one attached hydrogen (secondary N) is 2. The van der Waals surface area contributed by atoms with Crippen LogP contribution in [-0.2, 0) is 43.6 Å². The zero-order valence-electron chi connectivity index (χ0n) is 15.6. The van der Waals surface area contributed by atoms with Crippen LogP contribution in [0, 0.1) is 0 Å². The molecule has 0 aliphatic carbocycles. The molecular formula is C19H21BrN4O3S. The third-order valence-electron chi connectivity index (χ3n) is 5.24. The summed E-state index contributed by atoms with van der Waals surface area (Å²) in [5.74, 6) is 0. The van der Waals surface area contributed by atoms with E-state index in [2.05, 4.69) is 32.0 Å². The second-order valence-electron chi connectivity index (χ2n) is 7.03. The molecule has 148 valence electrons. The van der Waals surface area contributed by atoms with Gasteiger partial charge in [0.05, 0.1) is 15.9 Å². The van der Waals surface area contributed by atoms with Crippen LogP contribution >= 0.6 is 15.9 Å². The second-order valence-corrected chi connectivity index (χ2v) is 9.62. The first-order valence-electron chi connectivity index (χ1n) is 8.94. The largest absolute Gasteiger partial charge is 0.328 e. The molecule has 0 atom stereocenters. The highest BCUT2D eigenvalue weighted by atomic mass is 79.9. The van der Waals surface area contributed by atoms with Gasteiger partial charge in [-0.25, -0.2) is 17.9 Å². The highest BCUT2D eigenvalue weighted by molar-refractivity contribution is 9.10. The summed E-state index contributed by atoms with van der Waals surface area (Å²) in [6.45, 7) is 2.00. The molecule has 28 heavy (non-hydrogen) atoms. The number of imidazole rings is 1. The molecule has 0 amide bonds. The van der Waals surface area contributed by atoms with Crippen LogP contribution in [0.15, 0.2) is 44.5 Å². The quantitative estimate of drug-likeness (QED) is 0.615. The van der Waals surface area contributed by atoms with Crippen LogP contribution in [0.1, 0.15) is 16.7 Å². The van der Waals surface area contributed by atoms with Crippen molar-refractivity contribution in [2.24, 2.45) is 14.1 Å². The molecular weight excluding hydrogens is 444 g/mol. The molecule has 0 bridgehead atoms. The van der Waals surface area contributed by atoms with Gasteiger partial charge < -0.3 is 5.32 Å². The van der Waals surface area contributed by atoms with Gasteiger partial charge in [-0.1, -0.05) is 18.2 Å². The van der Waals surface area contributed by atoms with Gasteiger partial charge in [0.2, 0.25) is 10.0 Å². The molecule has 7 nitrogen and oxygen atoms in total. The lowest BCUT2D eigenvalue weighted by atomic mass is 9.98. The molecule has 9 heteroatoms. The SMILES string of the molecule is Cn1c(=O)n(C)c2cc(S(=O)(=O)NCc3ccc4c(c3)CCNC4)c(Br)cc21. The number of rotatable bonds is 4. The van der Waals surface area contributed by atoms with E-state index in [1.54, 1.807) is 20.2 Å². The summed E-state index contributed by atoms with van der Waals surface area (Å²) in [6.07, 6.45) is 0.945. The summed E-state index contributed by atoms with van der Waals surface area (Å²) < 4.78 is 31.9. The Balaban J connectivity index is 1.64. The molecule has 1 aromatic heterocycles. The van der Waals surface area contributed by atoms with Crippen molar-refractivity contribution in [1.29, 1.82) is 0 Å². The fourth-order valence-corrected chi connectivity index (χ4v) is 5.67. The molecule has 0 saturated heterocycles. The number of hydrogen-bond acceptors (Lipinski definition) is 4. The normalized spacial score (nSPS) is 14.4. The van der Waals surface area contributed by atoms with Crippen LogP contribution in [-0.4, -0.2) is 24.1 Å². The van der Waals surface area contributed by atoms with Crippen LogP contribution < -0.4 is 15.7 Å². The average Bonchev–Trinajstić information content (AvgIpc) is 2.89. The first kappa shape index (κ1) is 19.4. The van der Waals surface area contributed by atoms with E-state index >= 15 is 0 Å². The summed E-state index contributed by atoms with van der Waals surface area (Å²) >= 11 is 3.35. The highest BCUT2D eigenvalue weighted by Gasteiger charge is 2.21. The van der Waals surface area contributed by atoms with Crippen molar-refractivity contribution in [1.82, 2.24) is 19.2 Å². The Morgan fingerprint density at radius 3 is 2.57 bits per heavy atom. The Kier molecular flexibility index (Phi) is 4.95. The zero-order valence-corrected chi connectivity index (χ0v) is 18.0. The Labute approximate surface area is 171 Å². The number of benzene rings is 2. The Morgan fingerprint density at radius 2 is 1.82 bits per heavy atom. The lowest BCUT2D eigenvalue weighted by Gasteiger charge is -2.18. The minimum atomic E-state index is -3.76. The maximum atomic E-state index is 12.9. The average molecular weight is 465 g/mol. The van der Waals surface area contributed by atoms with Gasteiger partial charge in [-0.3, -0.25) is 9.13 Å². The molecule has 1 aliphatic heterocycles. The fourth-order valence-electron chi connectivity index (χ4n) is 3.60. The van der Waals surface area contributed by atoms with Gasteiger partial charge in [0, 0.05) is 31.7 Å². The number of nitrogens with zero attached hydrogens (tertiary/aromatic N) is 2. The van der Waals surface area contributed by atoms with Crippen molar-refractivity contribution in [3.8, 4) is 0 Å². The summed E-state index contributed by atoms with van der Waals surface area (Å²) in [6, 6.07) is 9.26. The van der Waals surface area contributed by atoms with Crippen molar-refractivity contribution < 1.29 is 8.42 Å². The van der Waals surface area contributed by atoms with E-state index in [0.717, 1.165) is 25.1 Å². The number of fused-ring (bicyclic) bond motifs is 2.